The number of urea groups is 1. The maximum Gasteiger partial charge on any atom is 0.328 e. The van der Waals surface area contributed by atoms with Crippen molar-refractivity contribution in [1.82, 2.24) is 5.32 Å². The second kappa shape index (κ2) is 7.61. The number of carbonyl (C=O) groups is 3. The van der Waals surface area contributed by atoms with Crippen LogP contribution in [0.25, 0.3) is 11.1 Å². The van der Waals surface area contributed by atoms with Crippen LogP contribution in [0.4, 0.5) is 16.2 Å². The number of anilines is 2. The van der Waals surface area contributed by atoms with E-state index in [-0.39, 0.29) is 31.4 Å². The Kier molecular flexibility index (Phi) is 5.02. The highest BCUT2D eigenvalue weighted by molar-refractivity contribution is 6.36. The van der Waals surface area contributed by atoms with Crippen LogP contribution in [0.1, 0.15) is 6.42 Å². The molecule has 1 N–H and O–H groups in total. The van der Waals surface area contributed by atoms with Crippen molar-refractivity contribution in [1.29, 1.82) is 0 Å². The highest BCUT2D eigenvalue weighted by atomic mass is 35.5. The topological polar surface area (TPSA) is 79.0 Å². The first kappa shape index (κ1) is 18.5. The summed E-state index contributed by atoms with van der Waals surface area (Å²) in [6.45, 7) is 1.42. The van der Waals surface area contributed by atoms with E-state index in [1.807, 2.05) is 36.4 Å². The summed E-state index contributed by atoms with van der Waals surface area (Å²) in [5, 5.41) is 2.74. The highest BCUT2D eigenvalue weighted by Crippen LogP contribution is 2.37. The molecule has 4 amide bonds. The van der Waals surface area contributed by atoms with Crippen LogP contribution in [0.5, 0.6) is 0 Å². The molecule has 0 aromatic heterocycles. The molecule has 4 rings (SSSR count). The maximum atomic E-state index is 12.1. The van der Waals surface area contributed by atoms with Gasteiger partial charge in [0.05, 0.1) is 17.3 Å². The van der Waals surface area contributed by atoms with Crippen LogP contribution in [0, 0.1) is 0 Å². The van der Waals surface area contributed by atoms with E-state index in [2.05, 4.69) is 5.32 Å². The van der Waals surface area contributed by atoms with Crippen LogP contribution >= 0.6 is 11.6 Å². The molecule has 2 fully saturated rings. The lowest BCUT2D eigenvalue weighted by molar-refractivity contribution is -0.125. The second-order valence-electron chi connectivity index (χ2n) is 6.54. The molecule has 2 aliphatic heterocycles. The second-order valence-corrected chi connectivity index (χ2v) is 6.92. The number of amides is 4. The Morgan fingerprint density at radius 1 is 0.964 bits per heavy atom. The van der Waals surface area contributed by atoms with Crippen LogP contribution in [0.3, 0.4) is 0 Å². The lowest BCUT2D eigenvalue weighted by Gasteiger charge is -2.28. The van der Waals surface area contributed by atoms with Crippen LogP contribution in [0.2, 0.25) is 5.02 Å². The lowest BCUT2D eigenvalue weighted by atomic mass is 10.0. The fraction of sp³-hybridized carbons (Fsp3) is 0.250. The van der Waals surface area contributed by atoms with Gasteiger partial charge in [-0.25, -0.2) is 4.79 Å². The zero-order chi connectivity index (χ0) is 19.7. The molecule has 2 aliphatic rings. The number of imide groups is 1. The van der Waals surface area contributed by atoms with Crippen molar-refractivity contribution in [3.8, 4) is 11.1 Å². The Labute approximate surface area is 166 Å². The van der Waals surface area contributed by atoms with Crippen LogP contribution in [0.15, 0.2) is 42.5 Å². The molecule has 0 atom stereocenters. The zero-order valence-electron chi connectivity index (χ0n) is 15.0. The van der Waals surface area contributed by atoms with Gasteiger partial charge in [-0.1, -0.05) is 35.9 Å². The van der Waals surface area contributed by atoms with Gasteiger partial charge < -0.3 is 9.64 Å². The molecule has 7 nitrogen and oxygen atoms in total. The Hall–Kier alpha value is -2.90. The molecule has 0 aliphatic carbocycles. The number of rotatable bonds is 3. The third kappa shape index (κ3) is 3.46. The summed E-state index contributed by atoms with van der Waals surface area (Å²) in [6, 6.07) is 12.5. The van der Waals surface area contributed by atoms with Gasteiger partial charge in [0.2, 0.25) is 5.91 Å². The molecule has 2 heterocycles. The average Bonchev–Trinajstić information content (AvgIpc) is 2.69. The molecule has 2 saturated heterocycles. The highest BCUT2D eigenvalue weighted by Gasteiger charge is 2.26. The van der Waals surface area contributed by atoms with Gasteiger partial charge in [0.1, 0.15) is 6.61 Å². The number of hydrogen-bond acceptors (Lipinski definition) is 4. The predicted molar refractivity (Wildman–Crippen MR) is 106 cm³/mol. The molecule has 0 bridgehead atoms. The summed E-state index contributed by atoms with van der Waals surface area (Å²) in [5.41, 5.74) is 2.99. The van der Waals surface area contributed by atoms with E-state index in [9.17, 15) is 14.4 Å². The molecule has 0 saturated carbocycles. The van der Waals surface area contributed by atoms with Crippen molar-refractivity contribution in [3.63, 3.8) is 0 Å². The van der Waals surface area contributed by atoms with Gasteiger partial charge in [0.25, 0.3) is 5.91 Å². The molecule has 144 valence electrons. The number of ether oxygens (including phenoxy) is 1. The first-order chi connectivity index (χ1) is 13.5. The largest absolute Gasteiger partial charge is 0.370 e. The van der Waals surface area contributed by atoms with Crippen molar-refractivity contribution >= 4 is 40.8 Å². The first-order valence-electron chi connectivity index (χ1n) is 8.93. The Morgan fingerprint density at radius 3 is 2.46 bits per heavy atom. The van der Waals surface area contributed by atoms with Gasteiger partial charge in [-0.2, -0.15) is 0 Å². The van der Waals surface area contributed by atoms with Gasteiger partial charge in [-0.15, -0.1) is 0 Å². The average molecular weight is 400 g/mol. The molecular weight excluding hydrogens is 382 g/mol. The van der Waals surface area contributed by atoms with Crippen molar-refractivity contribution in [2.45, 2.75) is 6.42 Å². The molecule has 8 heteroatoms. The van der Waals surface area contributed by atoms with Crippen molar-refractivity contribution in [2.75, 3.05) is 36.1 Å². The predicted octanol–water partition coefficient (Wildman–Crippen LogP) is 2.82. The number of benzene rings is 2. The number of morpholine rings is 1. The molecule has 0 radical (unpaired) electrons. The smallest absolute Gasteiger partial charge is 0.328 e. The Balaban J connectivity index is 1.62. The normalized spacial score (nSPS) is 17.7. The third-order valence-electron chi connectivity index (χ3n) is 4.80. The zero-order valence-corrected chi connectivity index (χ0v) is 15.7. The summed E-state index contributed by atoms with van der Waals surface area (Å²) in [6.07, 6.45) is 0.231. The van der Waals surface area contributed by atoms with Crippen molar-refractivity contribution in [2.24, 2.45) is 0 Å². The minimum atomic E-state index is -0.475. The number of hydrogen-bond donors (Lipinski definition) is 1. The monoisotopic (exact) mass is 399 g/mol. The number of carbonyl (C=O) groups excluding carboxylic acids is 3. The first-order valence-corrected chi connectivity index (χ1v) is 9.31. The van der Waals surface area contributed by atoms with E-state index in [0.717, 1.165) is 16.8 Å². The van der Waals surface area contributed by atoms with Crippen LogP contribution < -0.4 is 15.1 Å². The summed E-state index contributed by atoms with van der Waals surface area (Å²) in [5.74, 6) is -0.355. The standard InChI is InChI=1S/C20H18ClN3O4/c21-19-15(2-1-3-16(19)24-9-8-17(25)22-20(24)27)13-4-6-14(7-5-13)23-10-11-28-12-18(23)26/h1-7H,8-12H2,(H,22,25,27). The van der Waals surface area contributed by atoms with E-state index >= 15 is 0 Å². The van der Waals surface area contributed by atoms with Gasteiger partial charge >= 0.3 is 6.03 Å². The van der Waals surface area contributed by atoms with E-state index in [1.165, 1.54) is 4.90 Å². The fourth-order valence-corrected chi connectivity index (χ4v) is 3.69. The molecular formula is C20H18ClN3O4. The van der Waals surface area contributed by atoms with Gasteiger partial charge in [-0.05, 0) is 23.8 Å². The molecule has 28 heavy (non-hydrogen) atoms. The number of nitrogens with one attached hydrogen (secondary N) is 1. The summed E-state index contributed by atoms with van der Waals surface area (Å²) < 4.78 is 5.16. The van der Waals surface area contributed by atoms with Gasteiger partial charge in [0.15, 0.2) is 0 Å². The van der Waals surface area contributed by atoms with E-state index in [1.54, 1.807) is 11.0 Å². The minimum absolute atomic E-state index is 0.0651. The summed E-state index contributed by atoms with van der Waals surface area (Å²) in [7, 11) is 0. The lowest BCUT2D eigenvalue weighted by Crippen LogP contribution is -2.49. The SMILES string of the molecule is O=C1CCN(c2cccc(-c3ccc(N4CCOCC4=O)cc3)c2Cl)C(=O)N1. The number of halogens is 1. The van der Waals surface area contributed by atoms with E-state index in [0.29, 0.717) is 23.9 Å². The van der Waals surface area contributed by atoms with Crippen LogP contribution in [-0.4, -0.2) is 44.1 Å². The van der Waals surface area contributed by atoms with Crippen molar-refractivity contribution < 1.29 is 19.1 Å². The number of nitrogens with zero attached hydrogens (tertiary/aromatic N) is 2. The van der Waals surface area contributed by atoms with E-state index < -0.39 is 6.03 Å². The fourth-order valence-electron chi connectivity index (χ4n) is 3.36. The molecule has 0 spiro atoms. The van der Waals surface area contributed by atoms with Crippen molar-refractivity contribution in [3.05, 3.63) is 47.5 Å². The molecule has 2 aromatic carbocycles. The van der Waals surface area contributed by atoms with Gasteiger partial charge in [-0.3, -0.25) is 19.8 Å². The molecule has 2 aromatic rings. The van der Waals surface area contributed by atoms with E-state index in [4.69, 9.17) is 16.3 Å². The maximum absolute atomic E-state index is 12.1. The van der Waals surface area contributed by atoms with Gasteiger partial charge in [0, 0.05) is 30.8 Å². The Morgan fingerprint density at radius 2 is 1.75 bits per heavy atom. The Bertz CT molecular complexity index is 945. The third-order valence-corrected chi connectivity index (χ3v) is 5.20. The quantitative estimate of drug-likeness (QED) is 0.860. The minimum Gasteiger partial charge on any atom is -0.370 e. The van der Waals surface area contributed by atoms with Crippen LogP contribution in [-0.2, 0) is 14.3 Å². The molecule has 0 unspecified atom stereocenters. The summed E-state index contributed by atoms with van der Waals surface area (Å²) >= 11 is 6.60. The summed E-state index contributed by atoms with van der Waals surface area (Å²) in [4.78, 5) is 38.7.